The topological polar surface area (TPSA) is 49.4 Å². The molecule has 1 aromatic rings. The van der Waals surface area contributed by atoms with E-state index in [1.807, 2.05) is 30.3 Å². The monoisotopic (exact) mass is 340 g/mol. The second-order valence-electron chi connectivity index (χ2n) is 6.03. The van der Waals surface area contributed by atoms with Gasteiger partial charge in [0.05, 0.1) is 5.75 Å². The summed E-state index contributed by atoms with van der Waals surface area (Å²) >= 11 is 1.55. The molecule has 1 saturated heterocycles. The molecule has 0 spiro atoms. The fraction of sp³-hybridized carbons (Fsp3) is 0.562. The van der Waals surface area contributed by atoms with Crippen LogP contribution in [-0.2, 0) is 15.6 Å². The van der Waals surface area contributed by atoms with Gasteiger partial charge in [-0.3, -0.25) is 13.9 Å². The Morgan fingerprint density at radius 3 is 2.55 bits per heavy atom. The second-order valence-corrected chi connectivity index (χ2v) is 8.77. The van der Waals surface area contributed by atoms with Gasteiger partial charge in [-0.15, -0.1) is 11.8 Å². The summed E-state index contributed by atoms with van der Waals surface area (Å²) in [5, 5.41) is 3.02. The van der Waals surface area contributed by atoms with Crippen molar-refractivity contribution in [3.05, 3.63) is 30.3 Å². The summed E-state index contributed by atoms with van der Waals surface area (Å²) in [5.41, 5.74) is -0.0995. The van der Waals surface area contributed by atoms with Gasteiger partial charge in [0.15, 0.2) is 0 Å². The average Bonchev–Trinajstić information content (AvgIpc) is 2.52. The maximum absolute atomic E-state index is 12.0. The minimum atomic E-state index is -0.665. The van der Waals surface area contributed by atoms with Crippen LogP contribution in [0.3, 0.4) is 0 Å². The van der Waals surface area contributed by atoms with Crippen molar-refractivity contribution in [1.29, 1.82) is 0 Å². The molecule has 1 aliphatic rings. The van der Waals surface area contributed by atoms with Crippen LogP contribution in [0.25, 0.3) is 0 Å². The molecule has 2 rings (SSSR count). The zero-order valence-corrected chi connectivity index (χ0v) is 14.8. The lowest BCUT2D eigenvalue weighted by Crippen LogP contribution is -2.55. The Hall–Kier alpha value is -0.850. The van der Waals surface area contributed by atoms with E-state index in [2.05, 4.69) is 24.1 Å². The summed E-state index contributed by atoms with van der Waals surface area (Å²) in [4.78, 5) is 15.4. The summed E-state index contributed by atoms with van der Waals surface area (Å²) in [6.07, 6.45) is 0. The number of nitrogens with zero attached hydrogens (tertiary/aromatic N) is 1. The van der Waals surface area contributed by atoms with Gasteiger partial charge in [0, 0.05) is 52.4 Å². The first-order valence-electron chi connectivity index (χ1n) is 7.52. The Morgan fingerprint density at radius 2 is 1.91 bits per heavy atom. The van der Waals surface area contributed by atoms with Crippen LogP contribution in [0.2, 0.25) is 0 Å². The van der Waals surface area contributed by atoms with Gasteiger partial charge >= 0.3 is 0 Å². The van der Waals surface area contributed by atoms with Gasteiger partial charge in [0.25, 0.3) is 0 Å². The zero-order chi connectivity index (χ0) is 16.0. The Morgan fingerprint density at radius 1 is 1.27 bits per heavy atom. The molecule has 0 atom stereocenters. The summed E-state index contributed by atoms with van der Waals surface area (Å²) in [6, 6.07) is 9.94. The summed E-state index contributed by atoms with van der Waals surface area (Å²) < 4.78 is 11.4. The molecule has 1 N–H and O–H groups in total. The number of thioether (sulfide) groups is 1. The van der Waals surface area contributed by atoms with Crippen molar-refractivity contribution in [3.63, 3.8) is 0 Å². The molecule has 1 amide bonds. The number of benzene rings is 1. The van der Waals surface area contributed by atoms with Gasteiger partial charge in [-0.1, -0.05) is 18.2 Å². The Balaban J connectivity index is 1.74. The minimum absolute atomic E-state index is 0.0579. The average molecular weight is 341 g/mol. The van der Waals surface area contributed by atoms with Crippen molar-refractivity contribution in [2.24, 2.45) is 0 Å². The molecular weight excluding hydrogens is 316 g/mol. The van der Waals surface area contributed by atoms with Gasteiger partial charge in [-0.2, -0.15) is 0 Å². The maximum Gasteiger partial charge on any atom is 0.230 e. The van der Waals surface area contributed by atoms with Gasteiger partial charge in [-0.05, 0) is 26.0 Å². The van der Waals surface area contributed by atoms with Crippen molar-refractivity contribution >= 4 is 28.5 Å². The highest BCUT2D eigenvalue weighted by atomic mass is 32.2. The van der Waals surface area contributed by atoms with Gasteiger partial charge in [0.2, 0.25) is 5.91 Å². The predicted molar refractivity (Wildman–Crippen MR) is 93.7 cm³/mol. The van der Waals surface area contributed by atoms with Crippen LogP contribution in [0.1, 0.15) is 13.8 Å². The molecule has 0 unspecified atom stereocenters. The van der Waals surface area contributed by atoms with E-state index in [0.717, 1.165) is 29.5 Å². The van der Waals surface area contributed by atoms with E-state index in [1.165, 1.54) is 0 Å². The van der Waals surface area contributed by atoms with Crippen molar-refractivity contribution in [2.45, 2.75) is 24.3 Å². The van der Waals surface area contributed by atoms with Crippen LogP contribution in [0.15, 0.2) is 35.2 Å². The maximum atomic E-state index is 12.0. The number of hydrogen-bond donors (Lipinski definition) is 1. The number of carbonyl (C=O) groups excluding carboxylic acids is 1. The lowest BCUT2D eigenvalue weighted by molar-refractivity contribution is -0.119. The van der Waals surface area contributed by atoms with Crippen LogP contribution in [0.4, 0.5) is 0 Å². The highest BCUT2D eigenvalue weighted by molar-refractivity contribution is 8.00. The van der Waals surface area contributed by atoms with Crippen LogP contribution in [0, 0.1) is 0 Å². The molecule has 22 heavy (non-hydrogen) atoms. The second kappa shape index (κ2) is 8.13. The highest BCUT2D eigenvalue weighted by Gasteiger charge is 2.29. The van der Waals surface area contributed by atoms with Crippen molar-refractivity contribution in [1.82, 2.24) is 10.2 Å². The van der Waals surface area contributed by atoms with Crippen LogP contribution in [-0.4, -0.2) is 57.4 Å². The summed E-state index contributed by atoms with van der Waals surface area (Å²) in [6.45, 7) is 6.56. The van der Waals surface area contributed by atoms with Gasteiger partial charge in [0.1, 0.15) is 0 Å². The molecule has 1 fully saturated rings. The first-order valence-corrected chi connectivity index (χ1v) is 9.99. The number of hydrogen-bond acceptors (Lipinski definition) is 4. The predicted octanol–water partition coefficient (Wildman–Crippen LogP) is 1.74. The molecular formula is C16H24N2O2S2. The summed E-state index contributed by atoms with van der Waals surface area (Å²) in [5.74, 6) is 1.97. The first-order chi connectivity index (χ1) is 10.5. The van der Waals surface area contributed by atoms with E-state index < -0.39 is 10.8 Å². The summed E-state index contributed by atoms with van der Waals surface area (Å²) in [7, 11) is -0.665. The van der Waals surface area contributed by atoms with E-state index >= 15 is 0 Å². The van der Waals surface area contributed by atoms with E-state index in [1.54, 1.807) is 11.8 Å². The Labute approximate surface area is 139 Å². The third-order valence-corrected chi connectivity index (χ3v) is 6.15. The van der Waals surface area contributed by atoms with Crippen molar-refractivity contribution < 1.29 is 9.00 Å². The minimum Gasteiger partial charge on any atom is -0.354 e. The quantitative estimate of drug-likeness (QED) is 0.802. The molecule has 0 radical (unpaired) electrons. The molecule has 0 bridgehead atoms. The van der Waals surface area contributed by atoms with Crippen LogP contribution < -0.4 is 5.32 Å². The molecule has 0 saturated carbocycles. The van der Waals surface area contributed by atoms with Crippen molar-refractivity contribution in [2.75, 3.05) is 36.9 Å². The number of carbonyl (C=O) groups is 1. The molecule has 0 aromatic heterocycles. The largest absolute Gasteiger partial charge is 0.354 e. The Bertz CT molecular complexity index is 510. The third kappa shape index (κ3) is 5.41. The van der Waals surface area contributed by atoms with Gasteiger partial charge in [-0.25, -0.2) is 0 Å². The Kier molecular flexibility index (Phi) is 6.47. The van der Waals surface area contributed by atoms with Crippen LogP contribution in [0.5, 0.6) is 0 Å². The molecule has 0 aliphatic carbocycles. The number of rotatable bonds is 6. The molecule has 6 heteroatoms. The van der Waals surface area contributed by atoms with E-state index in [4.69, 9.17) is 0 Å². The fourth-order valence-corrected chi connectivity index (χ4v) is 4.19. The lowest BCUT2D eigenvalue weighted by Gasteiger charge is -2.40. The van der Waals surface area contributed by atoms with Crippen LogP contribution >= 0.6 is 11.8 Å². The normalized spacial score (nSPS) is 17.4. The fourth-order valence-electron chi connectivity index (χ4n) is 2.39. The number of amides is 1. The standard InChI is InChI=1S/C16H24N2O2S2/c1-16(2,18-8-10-22(20)11-9-18)13-17-15(19)12-21-14-6-4-3-5-7-14/h3-7H,8-13H2,1-2H3,(H,17,19). The third-order valence-electron chi connectivity index (χ3n) is 3.87. The van der Waals surface area contributed by atoms with E-state index in [-0.39, 0.29) is 11.4 Å². The zero-order valence-electron chi connectivity index (χ0n) is 13.2. The number of nitrogens with one attached hydrogen (secondary N) is 1. The lowest BCUT2D eigenvalue weighted by atomic mass is 10.0. The van der Waals surface area contributed by atoms with Crippen molar-refractivity contribution in [3.8, 4) is 0 Å². The molecule has 1 heterocycles. The first kappa shape index (κ1) is 17.5. The highest BCUT2D eigenvalue weighted by Crippen LogP contribution is 2.18. The van der Waals surface area contributed by atoms with E-state index in [9.17, 15) is 9.00 Å². The smallest absolute Gasteiger partial charge is 0.230 e. The SMILES string of the molecule is CC(C)(CNC(=O)CSc1ccccc1)N1CCS(=O)CC1. The molecule has 122 valence electrons. The van der Waals surface area contributed by atoms with Gasteiger partial charge < -0.3 is 5.32 Å². The molecule has 4 nitrogen and oxygen atoms in total. The van der Waals surface area contributed by atoms with E-state index in [0.29, 0.717) is 12.3 Å². The molecule has 1 aliphatic heterocycles. The molecule has 1 aromatic carbocycles.